The van der Waals surface area contributed by atoms with Crippen LogP contribution in [0.2, 0.25) is 5.02 Å². The van der Waals surface area contributed by atoms with Gasteiger partial charge in [0.25, 0.3) is 0 Å². The predicted molar refractivity (Wildman–Crippen MR) is 123 cm³/mol. The van der Waals surface area contributed by atoms with E-state index in [1.165, 1.54) is 12.1 Å². The monoisotopic (exact) mass is 448 g/mol. The van der Waals surface area contributed by atoms with Crippen LogP contribution in [0, 0.1) is 5.82 Å². The van der Waals surface area contributed by atoms with Crippen LogP contribution in [-0.2, 0) is 0 Å². The molecule has 5 nitrogen and oxygen atoms in total. The van der Waals surface area contributed by atoms with E-state index in [-0.39, 0.29) is 11.9 Å². The fourth-order valence-electron chi connectivity index (χ4n) is 4.09. The van der Waals surface area contributed by atoms with Crippen molar-refractivity contribution >= 4 is 17.3 Å². The number of benzene rings is 3. The van der Waals surface area contributed by atoms with Crippen molar-refractivity contribution in [2.75, 3.05) is 31.1 Å². The number of piperazine rings is 1. The zero-order valence-corrected chi connectivity index (χ0v) is 18.1. The Morgan fingerprint density at radius 3 is 2.19 bits per heavy atom. The Morgan fingerprint density at radius 1 is 0.812 bits per heavy atom. The molecule has 0 amide bonds. The molecule has 3 aromatic carbocycles. The van der Waals surface area contributed by atoms with Crippen molar-refractivity contribution in [3.05, 3.63) is 101 Å². The molecule has 1 aromatic heterocycles. The molecule has 0 radical (unpaired) electrons. The topological polar surface area (TPSA) is 45.4 Å². The van der Waals surface area contributed by atoms with E-state index >= 15 is 0 Å². The molecule has 0 N–H and O–H groups in total. The van der Waals surface area contributed by atoms with Gasteiger partial charge < -0.3 is 9.32 Å². The molecular formula is C25H22ClFN4O. The predicted octanol–water partition coefficient (Wildman–Crippen LogP) is 5.44. The molecule has 0 spiro atoms. The van der Waals surface area contributed by atoms with E-state index in [0.29, 0.717) is 16.8 Å². The number of halogens is 2. The summed E-state index contributed by atoms with van der Waals surface area (Å²) in [6, 6.07) is 24.1. The van der Waals surface area contributed by atoms with Gasteiger partial charge in [-0.25, -0.2) is 4.39 Å². The Kier molecular flexibility index (Phi) is 5.88. The SMILES string of the molecule is Fc1ccc(N2CCN(C(c3ccccc3)c3nnc(-c4ccc(Cl)cc4)o3)CC2)cc1. The molecule has 32 heavy (non-hydrogen) atoms. The lowest BCUT2D eigenvalue weighted by Crippen LogP contribution is -2.48. The molecule has 1 atom stereocenters. The van der Waals surface area contributed by atoms with Gasteiger partial charge in [-0.05, 0) is 54.1 Å². The van der Waals surface area contributed by atoms with Gasteiger partial charge in [0, 0.05) is 42.5 Å². The highest BCUT2D eigenvalue weighted by atomic mass is 35.5. The van der Waals surface area contributed by atoms with Crippen LogP contribution in [0.3, 0.4) is 0 Å². The van der Waals surface area contributed by atoms with E-state index in [9.17, 15) is 4.39 Å². The highest BCUT2D eigenvalue weighted by molar-refractivity contribution is 6.30. The lowest BCUT2D eigenvalue weighted by molar-refractivity contribution is 0.188. The van der Waals surface area contributed by atoms with E-state index < -0.39 is 0 Å². The summed E-state index contributed by atoms with van der Waals surface area (Å²) >= 11 is 6.00. The van der Waals surface area contributed by atoms with Gasteiger partial charge in [-0.3, -0.25) is 4.90 Å². The highest BCUT2D eigenvalue weighted by Crippen LogP contribution is 2.31. The average Bonchev–Trinajstić information content (AvgIpc) is 3.31. The molecule has 0 bridgehead atoms. The molecule has 1 aliphatic heterocycles. The maximum Gasteiger partial charge on any atom is 0.247 e. The van der Waals surface area contributed by atoms with Crippen molar-refractivity contribution in [2.24, 2.45) is 0 Å². The minimum Gasteiger partial charge on any atom is -0.419 e. The maximum absolute atomic E-state index is 13.3. The van der Waals surface area contributed by atoms with Crippen molar-refractivity contribution < 1.29 is 8.81 Å². The molecule has 1 aliphatic rings. The van der Waals surface area contributed by atoms with Crippen LogP contribution >= 0.6 is 11.6 Å². The molecule has 4 aromatic rings. The van der Waals surface area contributed by atoms with Crippen molar-refractivity contribution in [3.63, 3.8) is 0 Å². The maximum atomic E-state index is 13.3. The molecule has 7 heteroatoms. The Labute approximate surface area is 191 Å². The largest absolute Gasteiger partial charge is 0.419 e. The molecule has 5 rings (SSSR count). The lowest BCUT2D eigenvalue weighted by atomic mass is 10.0. The fraction of sp³-hybridized carbons (Fsp3) is 0.200. The Morgan fingerprint density at radius 2 is 1.50 bits per heavy atom. The van der Waals surface area contributed by atoms with Crippen molar-refractivity contribution in [1.82, 2.24) is 15.1 Å². The number of aromatic nitrogens is 2. The van der Waals surface area contributed by atoms with Crippen molar-refractivity contribution in [2.45, 2.75) is 6.04 Å². The van der Waals surface area contributed by atoms with E-state index in [0.717, 1.165) is 43.0 Å². The molecule has 1 saturated heterocycles. The second-order valence-corrected chi connectivity index (χ2v) is 8.20. The van der Waals surface area contributed by atoms with Crippen LogP contribution in [0.1, 0.15) is 17.5 Å². The van der Waals surface area contributed by atoms with E-state index in [4.69, 9.17) is 16.0 Å². The van der Waals surface area contributed by atoms with Gasteiger partial charge in [-0.15, -0.1) is 10.2 Å². The van der Waals surface area contributed by atoms with Gasteiger partial charge in [0.05, 0.1) is 0 Å². The van der Waals surface area contributed by atoms with Gasteiger partial charge in [0.1, 0.15) is 11.9 Å². The molecule has 162 valence electrons. The second-order valence-electron chi connectivity index (χ2n) is 7.76. The van der Waals surface area contributed by atoms with Gasteiger partial charge in [0.15, 0.2) is 0 Å². The summed E-state index contributed by atoms with van der Waals surface area (Å²) in [6.45, 7) is 3.28. The van der Waals surface area contributed by atoms with Crippen LogP contribution in [0.4, 0.5) is 10.1 Å². The standard InChI is InChI=1S/C25H22ClFN4O/c26-20-8-6-19(7-9-20)24-28-29-25(32-24)23(18-4-2-1-3-5-18)31-16-14-30(15-17-31)22-12-10-21(27)11-13-22/h1-13,23H,14-17H2. The van der Waals surface area contributed by atoms with Crippen LogP contribution in [0.15, 0.2) is 83.3 Å². The summed E-state index contributed by atoms with van der Waals surface area (Å²) in [4.78, 5) is 4.62. The number of hydrogen-bond donors (Lipinski definition) is 0. The van der Waals surface area contributed by atoms with Gasteiger partial charge in [0.2, 0.25) is 11.8 Å². The average molecular weight is 449 g/mol. The summed E-state index contributed by atoms with van der Waals surface area (Å²) in [5, 5.41) is 9.36. The smallest absolute Gasteiger partial charge is 0.247 e. The summed E-state index contributed by atoms with van der Waals surface area (Å²) in [5.41, 5.74) is 2.97. The zero-order chi connectivity index (χ0) is 21.9. The fourth-order valence-corrected chi connectivity index (χ4v) is 4.22. The second kappa shape index (κ2) is 9.10. The van der Waals surface area contributed by atoms with Crippen molar-refractivity contribution in [1.29, 1.82) is 0 Å². The summed E-state index contributed by atoms with van der Waals surface area (Å²) in [7, 11) is 0. The Balaban J connectivity index is 1.39. The summed E-state index contributed by atoms with van der Waals surface area (Å²) in [5.74, 6) is 0.823. The quantitative estimate of drug-likeness (QED) is 0.406. The minimum atomic E-state index is -0.218. The molecule has 1 fully saturated rings. The summed E-state index contributed by atoms with van der Waals surface area (Å²) < 4.78 is 19.4. The summed E-state index contributed by atoms with van der Waals surface area (Å²) in [6.07, 6.45) is 0. The van der Waals surface area contributed by atoms with Crippen LogP contribution in [0.25, 0.3) is 11.5 Å². The zero-order valence-electron chi connectivity index (χ0n) is 17.4. The third-order valence-corrected chi connectivity index (χ3v) is 6.00. The number of anilines is 1. The van der Waals surface area contributed by atoms with Crippen LogP contribution in [0.5, 0.6) is 0 Å². The molecular weight excluding hydrogens is 427 g/mol. The van der Waals surface area contributed by atoms with Crippen LogP contribution in [-0.4, -0.2) is 41.3 Å². The molecule has 0 aliphatic carbocycles. The Hall–Kier alpha value is -3.22. The first kappa shape index (κ1) is 20.7. The number of hydrogen-bond acceptors (Lipinski definition) is 5. The third kappa shape index (κ3) is 4.38. The van der Waals surface area contributed by atoms with E-state index in [1.54, 1.807) is 0 Å². The van der Waals surface area contributed by atoms with Crippen LogP contribution < -0.4 is 4.90 Å². The number of nitrogens with zero attached hydrogens (tertiary/aromatic N) is 4. The molecule has 0 saturated carbocycles. The Bertz CT molecular complexity index is 1160. The lowest BCUT2D eigenvalue weighted by Gasteiger charge is -2.39. The van der Waals surface area contributed by atoms with Gasteiger partial charge in [-0.2, -0.15) is 0 Å². The minimum absolute atomic E-state index is 0.139. The van der Waals surface area contributed by atoms with E-state index in [1.807, 2.05) is 54.6 Å². The first-order valence-electron chi connectivity index (χ1n) is 10.6. The normalized spacial score (nSPS) is 15.6. The highest BCUT2D eigenvalue weighted by Gasteiger charge is 2.30. The molecule has 2 heterocycles. The third-order valence-electron chi connectivity index (χ3n) is 5.75. The van der Waals surface area contributed by atoms with Gasteiger partial charge in [-0.1, -0.05) is 41.9 Å². The van der Waals surface area contributed by atoms with Gasteiger partial charge >= 0.3 is 0 Å². The van der Waals surface area contributed by atoms with Crippen molar-refractivity contribution in [3.8, 4) is 11.5 Å². The number of rotatable bonds is 5. The first-order valence-corrected chi connectivity index (χ1v) is 10.9. The van der Waals surface area contributed by atoms with E-state index in [2.05, 4.69) is 32.1 Å². The molecule has 1 unspecified atom stereocenters. The first-order chi connectivity index (χ1) is 15.7.